The molecule has 1 atom stereocenters. The summed E-state index contributed by atoms with van der Waals surface area (Å²) in [6.45, 7) is 0.776. The normalized spacial score (nSPS) is 17.8. The van der Waals surface area contributed by atoms with Crippen LogP contribution in [-0.2, 0) is 6.54 Å². The van der Waals surface area contributed by atoms with Crippen molar-refractivity contribution in [1.29, 1.82) is 0 Å². The lowest BCUT2D eigenvalue weighted by Gasteiger charge is -2.25. The summed E-state index contributed by atoms with van der Waals surface area (Å²) >= 11 is 1.95. The molecule has 3 aromatic rings. The number of nitrogens with one attached hydrogen (secondary N) is 1. The lowest BCUT2D eigenvalue weighted by molar-refractivity contribution is 0.455. The van der Waals surface area contributed by atoms with Gasteiger partial charge in [0.2, 0.25) is 0 Å². The predicted octanol–water partition coefficient (Wildman–Crippen LogP) is 4.76. The number of hydrogen-bond acceptors (Lipinski definition) is 3. The number of hydrogen-bond donors (Lipinski definition) is 1. The quantitative estimate of drug-likeness (QED) is 0.754. The number of benzene rings is 2. The van der Waals surface area contributed by atoms with Crippen LogP contribution in [-0.4, -0.2) is 5.75 Å². The van der Waals surface area contributed by atoms with Gasteiger partial charge in [-0.1, -0.05) is 36.4 Å². The highest BCUT2D eigenvalue weighted by Crippen LogP contribution is 2.36. The second-order valence-electron chi connectivity index (χ2n) is 5.36. The van der Waals surface area contributed by atoms with Gasteiger partial charge in [-0.05, 0) is 35.9 Å². The lowest BCUT2D eigenvalue weighted by Crippen LogP contribution is -2.23. The van der Waals surface area contributed by atoms with Crippen molar-refractivity contribution in [3.05, 3.63) is 65.9 Å². The Morgan fingerprint density at radius 2 is 1.95 bits per heavy atom. The molecule has 4 rings (SSSR count). The molecule has 2 heterocycles. The molecular weight excluding hydrogens is 278 g/mol. The Balaban J connectivity index is 1.52. The summed E-state index contributed by atoms with van der Waals surface area (Å²) in [7, 11) is 0. The van der Waals surface area contributed by atoms with E-state index in [1.165, 1.54) is 28.0 Å². The van der Waals surface area contributed by atoms with E-state index in [-0.39, 0.29) is 0 Å². The SMILES string of the molecule is c1ccc2c(c1)SCCC2NCc1cc2ccccc2o1. The number of para-hydroxylation sites is 1. The van der Waals surface area contributed by atoms with Gasteiger partial charge in [0.1, 0.15) is 11.3 Å². The number of furan rings is 1. The van der Waals surface area contributed by atoms with Crippen LogP contribution < -0.4 is 5.32 Å². The Bertz CT molecular complexity index is 732. The van der Waals surface area contributed by atoms with Crippen molar-refractivity contribution in [2.75, 3.05) is 5.75 Å². The molecule has 0 spiro atoms. The van der Waals surface area contributed by atoms with E-state index in [0.29, 0.717) is 6.04 Å². The zero-order valence-electron chi connectivity index (χ0n) is 11.7. The zero-order chi connectivity index (χ0) is 14.1. The van der Waals surface area contributed by atoms with Crippen LogP contribution in [0.25, 0.3) is 11.0 Å². The molecule has 21 heavy (non-hydrogen) atoms. The molecule has 1 unspecified atom stereocenters. The molecule has 1 aromatic heterocycles. The largest absolute Gasteiger partial charge is 0.460 e. The van der Waals surface area contributed by atoms with Crippen molar-refractivity contribution in [2.24, 2.45) is 0 Å². The van der Waals surface area contributed by atoms with E-state index in [9.17, 15) is 0 Å². The van der Waals surface area contributed by atoms with E-state index in [1.54, 1.807) is 0 Å². The maximum atomic E-state index is 5.88. The maximum Gasteiger partial charge on any atom is 0.134 e. The summed E-state index contributed by atoms with van der Waals surface area (Å²) in [5.41, 5.74) is 2.39. The summed E-state index contributed by atoms with van der Waals surface area (Å²) in [4.78, 5) is 1.41. The molecule has 2 aromatic carbocycles. The molecule has 0 fully saturated rings. The molecule has 1 aliphatic rings. The van der Waals surface area contributed by atoms with Crippen LogP contribution in [0.15, 0.2) is 63.9 Å². The summed E-state index contributed by atoms with van der Waals surface area (Å²) in [5, 5.41) is 4.82. The Morgan fingerprint density at radius 1 is 1.10 bits per heavy atom. The highest BCUT2D eigenvalue weighted by molar-refractivity contribution is 7.99. The van der Waals surface area contributed by atoms with Gasteiger partial charge in [0.05, 0.1) is 6.54 Å². The third-order valence-electron chi connectivity index (χ3n) is 3.96. The topological polar surface area (TPSA) is 25.2 Å². The standard InChI is InChI=1S/C18H17NOS/c1-3-7-17-13(5-1)11-14(20-17)12-19-16-9-10-21-18-8-4-2-6-15(16)18/h1-8,11,16,19H,9-10,12H2. The molecule has 3 heteroatoms. The van der Waals surface area contributed by atoms with Crippen LogP contribution in [0.4, 0.5) is 0 Å². The van der Waals surface area contributed by atoms with Crippen LogP contribution >= 0.6 is 11.8 Å². The minimum atomic E-state index is 0.427. The zero-order valence-corrected chi connectivity index (χ0v) is 12.5. The first-order chi connectivity index (χ1) is 10.4. The van der Waals surface area contributed by atoms with Crippen molar-refractivity contribution in [1.82, 2.24) is 5.32 Å². The summed E-state index contributed by atoms with van der Waals surface area (Å²) in [5.74, 6) is 2.18. The van der Waals surface area contributed by atoms with Crippen molar-refractivity contribution < 1.29 is 4.42 Å². The van der Waals surface area contributed by atoms with Crippen LogP contribution in [0.1, 0.15) is 23.8 Å². The van der Waals surface area contributed by atoms with Crippen molar-refractivity contribution in [3.8, 4) is 0 Å². The van der Waals surface area contributed by atoms with Gasteiger partial charge >= 0.3 is 0 Å². The van der Waals surface area contributed by atoms with E-state index in [1.807, 2.05) is 30.0 Å². The van der Waals surface area contributed by atoms with Gasteiger partial charge in [-0.25, -0.2) is 0 Å². The Hall–Kier alpha value is -1.71. The molecule has 1 N–H and O–H groups in total. The molecule has 0 radical (unpaired) electrons. The third kappa shape index (κ3) is 2.59. The average Bonchev–Trinajstić information content (AvgIpc) is 2.96. The lowest BCUT2D eigenvalue weighted by atomic mass is 10.0. The van der Waals surface area contributed by atoms with Gasteiger partial charge in [0.25, 0.3) is 0 Å². The van der Waals surface area contributed by atoms with Crippen molar-refractivity contribution in [3.63, 3.8) is 0 Å². The molecule has 0 amide bonds. The van der Waals surface area contributed by atoms with E-state index >= 15 is 0 Å². The van der Waals surface area contributed by atoms with Gasteiger partial charge < -0.3 is 9.73 Å². The van der Waals surface area contributed by atoms with Crippen molar-refractivity contribution >= 4 is 22.7 Å². The molecule has 106 valence electrons. The summed E-state index contributed by atoms with van der Waals surface area (Å²) in [6, 6.07) is 19.4. The molecule has 1 aliphatic heterocycles. The minimum Gasteiger partial charge on any atom is -0.460 e. The Morgan fingerprint density at radius 3 is 2.90 bits per heavy atom. The molecule has 0 saturated carbocycles. The van der Waals surface area contributed by atoms with E-state index in [0.717, 1.165) is 17.9 Å². The highest BCUT2D eigenvalue weighted by atomic mass is 32.2. The monoisotopic (exact) mass is 295 g/mol. The predicted molar refractivity (Wildman–Crippen MR) is 87.6 cm³/mol. The highest BCUT2D eigenvalue weighted by Gasteiger charge is 2.20. The molecule has 0 aliphatic carbocycles. The second kappa shape index (κ2) is 5.58. The second-order valence-corrected chi connectivity index (χ2v) is 6.50. The first kappa shape index (κ1) is 13.0. The third-order valence-corrected chi connectivity index (χ3v) is 5.08. The fourth-order valence-electron chi connectivity index (χ4n) is 2.90. The molecule has 0 bridgehead atoms. The number of fused-ring (bicyclic) bond motifs is 2. The Kier molecular flexibility index (Phi) is 3.45. The van der Waals surface area contributed by atoms with Crippen LogP contribution in [0, 0.1) is 0 Å². The van der Waals surface area contributed by atoms with E-state index in [4.69, 9.17) is 4.42 Å². The first-order valence-corrected chi connectivity index (χ1v) is 8.31. The fraction of sp³-hybridized carbons (Fsp3) is 0.222. The molecule has 2 nitrogen and oxygen atoms in total. The smallest absolute Gasteiger partial charge is 0.134 e. The van der Waals surface area contributed by atoms with Gasteiger partial charge in [-0.15, -0.1) is 11.8 Å². The molecule has 0 saturated heterocycles. The van der Waals surface area contributed by atoms with Gasteiger partial charge in [-0.2, -0.15) is 0 Å². The van der Waals surface area contributed by atoms with Gasteiger partial charge in [0, 0.05) is 16.3 Å². The minimum absolute atomic E-state index is 0.427. The molecular formula is C18H17NOS. The maximum absolute atomic E-state index is 5.88. The van der Waals surface area contributed by atoms with Crippen LogP contribution in [0.5, 0.6) is 0 Å². The van der Waals surface area contributed by atoms with E-state index in [2.05, 4.69) is 41.7 Å². The average molecular weight is 295 g/mol. The van der Waals surface area contributed by atoms with Crippen molar-refractivity contribution in [2.45, 2.75) is 23.9 Å². The van der Waals surface area contributed by atoms with Crippen LogP contribution in [0.2, 0.25) is 0 Å². The van der Waals surface area contributed by atoms with Gasteiger partial charge in [-0.3, -0.25) is 0 Å². The summed E-state index contributed by atoms with van der Waals surface area (Å²) < 4.78 is 5.88. The fourth-order valence-corrected chi connectivity index (χ4v) is 4.03. The van der Waals surface area contributed by atoms with E-state index < -0.39 is 0 Å². The first-order valence-electron chi connectivity index (χ1n) is 7.33. The van der Waals surface area contributed by atoms with Crippen LogP contribution in [0.3, 0.4) is 0 Å². The Labute approximate surface area is 128 Å². The number of rotatable bonds is 3. The summed E-state index contributed by atoms with van der Waals surface area (Å²) in [6.07, 6.45) is 1.17. The van der Waals surface area contributed by atoms with Gasteiger partial charge in [0.15, 0.2) is 0 Å². The number of thioether (sulfide) groups is 1.